The van der Waals surface area contributed by atoms with Gasteiger partial charge >= 0.3 is 12.1 Å². The summed E-state index contributed by atoms with van der Waals surface area (Å²) in [5.41, 5.74) is -0.114. The van der Waals surface area contributed by atoms with Gasteiger partial charge in [-0.3, -0.25) is 4.79 Å². The Bertz CT molecular complexity index is 868. The van der Waals surface area contributed by atoms with E-state index in [9.17, 15) is 22.8 Å². The number of nitrogens with zero attached hydrogens (tertiary/aromatic N) is 2. The molecule has 2 heterocycles. The Morgan fingerprint density at radius 3 is 2.46 bits per heavy atom. The third-order valence-corrected chi connectivity index (χ3v) is 4.33. The Hall–Kier alpha value is -3.10. The minimum absolute atomic E-state index is 0.128. The lowest BCUT2D eigenvalue weighted by Crippen LogP contribution is -2.31. The molecule has 2 aromatic rings. The zero-order valence-corrected chi connectivity index (χ0v) is 14.9. The zero-order valence-electron chi connectivity index (χ0n) is 14.9. The first-order chi connectivity index (χ1) is 13.3. The molecule has 0 N–H and O–H groups in total. The summed E-state index contributed by atoms with van der Waals surface area (Å²) in [7, 11) is 1.27. The largest absolute Gasteiger partial charge is 0.472 e. The highest BCUT2D eigenvalue weighted by molar-refractivity contribution is 5.96. The van der Waals surface area contributed by atoms with Crippen molar-refractivity contribution in [3.05, 3.63) is 59.3 Å². The molecule has 1 saturated heterocycles. The number of alkyl halides is 3. The molecule has 1 amide bonds. The van der Waals surface area contributed by atoms with Gasteiger partial charge in [-0.1, -0.05) is 0 Å². The number of rotatable bonds is 4. The molecular formula is C19H17F3N2O4. The third kappa shape index (κ3) is 4.41. The first-order valence-electron chi connectivity index (χ1n) is 8.45. The Morgan fingerprint density at radius 2 is 1.82 bits per heavy atom. The van der Waals surface area contributed by atoms with Crippen LogP contribution in [0.4, 0.5) is 13.2 Å². The van der Waals surface area contributed by atoms with E-state index in [2.05, 4.69) is 9.72 Å². The Balaban J connectivity index is 1.62. The molecule has 28 heavy (non-hydrogen) atoms. The van der Waals surface area contributed by atoms with Crippen LogP contribution >= 0.6 is 0 Å². The van der Waals surface area contributed by atoms with E-state index in [-0.39, 0.29) is 18.3 Å². The normalized spacial score (nSPS) is 16.7. The molecule has 0 aliphatic carbocycles. The van der Waals surface area contributed by atoms with E-state index in [4.69, 9.17) is 4.74 Å². The first kappa shape index (κ1) is 19.7. The standard InChI is InChI=1S/C19H17F3N2O4/c1-27-18(26)13-4-2-12(3-5-13)17(25)24-9-7-15(11-24)28-16-10-14(6-8-23-16)19(20,21)22/h2-6,8,10,15H,7,9,11H2,1H3/t15-/m0/s1. The molecule has 1 atom stereocenters. The van der Waals surface area contributed by atoms with Crippen LogP contribution in [0.5, 0.6) is 5.88 Å². The van der Waals surface area contributed by atoms with E-state index in [1.807, 2.05) is 0 Å². The molecule has 0 saturated carbocycles. The topological polar surface area (TPSA) is 68.7 Å². The molecular weight excluding hydrogens is 377 g/mol. The van der Waals surface area contributed by atoms with Crippen LogP contribution in [-0.2, 0) is 10.9 Å². The maximum Gasteiger partial charge on any atom is 0.416 e. The average Bonchev–Trinajstić information content (AvgIpc) is 3.15. The van der Waals surface area contributed by atoms with Gasteiger partial charge in [0.05, 0.1) is 24.8 Å². The fourth-order valence-electron chi connectivity index (χ4n) is 2.88. The van der Waals surface area contributed by atoms with Gasteiger partial charge in [0.2, 0.25) is 5.88 Å². The summed E-state index contributed by atoms with van der Waals surface area (Å²) in [6.07, 6.45) is -3.41. The molecule has 9 heteroatoms. The highest BCUT2D eigenvalue weighted by atomic mass is 19.4. The second-order valence-corrected chi connectivity index (χ2v) is 6.23. The van der Waals surface area contributed by atoms with Crippen molar-refractivity contribution in [2.24, 2.45) is 0 Å². The van der Waals surface area contributed by atoms with Gasteiger partial charge in [-0.25, -0.2) is 9.78 Å². The van der Waals surface area contributed by atoms with Crippen molar-refractivity contribution in [2.75, 3.05) is 20.2 Å². The van der Waals surface area contributed by atoms with Crippen molar-refractivity contribution in [1.82, 2.24) is 9.88 Å². The van der Waals surface area contributed by atoms with Crippen molar-refractivity contribution >= 4 is 11.9 Å². The zero-order chi connectivity index (χ0) is 20.3. The van der Waals surface area contributed by atoms with Gasteiger partial charge in [0.15, 0.2) is 0 Å². The third-order valence-electron chi connectivity index (χ3n) is 4.33. The van der Waals surface area contributed by atoms with Crippen LogP contribution in [0.1, 0.15) is 32.7 Å². The number of esters is 1. The minimum Gasteiger partial charge on any atom is -0.472 e. The Labute approximate surface area is 158 Å². The lowest BCUT2D eigenvalue weighted by Gasteiger charge is -2.17. The molecule has 1 aromatic carbocycles. The SMILES string of the molecule is COC(=O)c1ccc(C(=O)N2CC[C@H](Oc3cc(C(F)(F)F)ccn3)C2)cc1. The van der Waals surface area contributed by atoms with Gasteiger partial charge in [0.1, 0.15) is 6.10 Å². The van der Waals surface area contributed by atoms with E-state index in [1.54, 1.807) is 4.90 Å². The number of benzene rings is 1. The lowest BCUT2D eigenvalue weighted by atomic mass is 10.1. The summed E-state index contributed by atoms with van der Waals surface area (Å²) in [4.78, 5) is 29.4. The average molecular weight is 394 g/mol. The summed E-state index contributed by atoms with van der Waals surface area (Å²) in [5.74, 6) is -0.877. The molecule has 0 spiro atoms. The fourth-order valence-corrected chi connectivity index (χ4v) is 2.88. The van der Waals surface area contributed by atoms with Gasteiger partial charge < -0.3 is 14.4 Å². The minimum atomic E-state index is -4.48. The van der Waals surface area contributed by atoms with Crippen molar-refractivity contribution in [3.8, 4) is 5.88 Å². The number of methoxy groups -OCH3 is 1. The maximum atomic E-state index is 12.8. The van der Waals surface area contributed by atoms with E-state index in [1.165, 1.54) is 31.4 Å². The highest BCUT2D eigenvalue weighted by Crippen LogP contribution is 2.31. The van der Waals surface area contributed by atoms with Crippen LogP contribution in [0.15, 0.2) is 42.6 Å². The van der Waals surface area contributed by atoms with Crippen LogP contribution in [0, 0.1) is 0 Å². The second kappa shape index (κ2) is 7.87. The predicted octanol–water partition coefficient (Wildman–Crippen LogP) is 3.18. The number of aromatic nitrogens is 1. The Morgan fingerprint density at radius 1 is 1.14 bits per heavy atom. The van der Waals surface area contributed by atoms with Gasteiger partial charge in [-0.05, 0) is 30.3 Å². The lowest BCUT2D eigenvalue weighted by molar-refractivity contribution is -0.137. The number of hydrogen-bond acceptors (Lipinski definition) is 5. The predicted molar refractivity (Wildman–Crippen MR) is 92.0 cm³/mol. The summed E-state index contributed by atoms with van der Waals surface area (Å²) >= 11 is 0. The number of halogens is 3. The monoisotopic (exact) mass is 394 g/mol. The van der Waals surface area contributed by atoms with Crippen LogP contribution in [-0.4, -0.2) is 48.1 Å². The van der Waals surface area contributed by atoms with Crippen molar-refractivity contribution in [1.29, 1.82) is 0 Å². The summed E-state index contributed by atoms with van der Waals surface area (Å²) in [5, 5.41) is 0. The molecule has 6 nitrogen and oxygen atoms in total. The van der Waals surface area contributed by atoms with Crippen LogP contribution in [0.2, 0.25) is 0 Å². The van der Waals surface area contributed by atoms with Crippen LogP contribution in [0.25, 0.3) is 0 Å². The van der Waals surface area contributed by atoms with E-state index < -0.39 is 23.8 Å². The second-order valence-electron chi connectivity index (χ2n) is 6.23. The molecule has 1 aliphatic rings. The summed E-state index contributed by atoms with van der Waals surface area (Å²) < 4.78 is 48.5. The number of pyridine rings is 1. The molecule has 0 radical (unpaired) electrons. The number of likely N-dealkylation sites (tertiary alicyclic amines) is 1. The number of carbonyl (C=O) groups is 2. The molecule has 1 fully saturated rings. The van der Waals surface area contributed by atoms with Crippen molar-refractivity contribution < 1.29 is 32.2 Å². The molecule has 3 rings (SSSR count). The molecule has 0 bridgehead atoms. The van der Waals surface area contributed by atoms with Crippen LogP contribution < -0.4 is 4.74 Å². The maximum absolute atomic E-state index is 12.8. The van der Waals surface area contributed by atoms with E-state index in [0.717, 1.165) is 18.3 Å². The molecule has 1 aromatic heterocycles. The Kier molecular flexibility index (Phi) is 5.53. The number of amides is 1. The van der Waals surface area contributed by atoms with Crippen molar-refractivity contribution in [2.45, 2.75) is 18.7 Å². The number of carbonyl (C=O) groups excluding carboxylic acids is 2. The quantitative estimate of drug-likeness (QED) is 0.745. The van der Waals surface area contributed by atoms with Crippen molar-refractivity contribution in [3.63, 3.8) is 0 Å². The molecule has 0 unspecified atom stereocenters. The van der Waals surface area contributed by atoms with Gasteiger partial charge in [0.25, 0.3) is 5.91 Å². The first-order valence-corrected chi connectivity index (χ1v) is 8.45. The smallest absolute Gasteiger partial charge is 0.416 e. The number of ether oxygens (including phenoxy) is 2. The van der Waals surface area contributed by atoms with Gasteiger partial charge in [-0.15, -0.1) is 0 Å². The number of hydrogen-bond donors (Lipinski definition) is 0. The van der Waals surface area contributed by atoms with E-state index in [0.29, 0.717) is 24.1 Å². The highest BCUT2D eigenvalue weighted by Gasteiger charge is 2.32. The fraction of sp³-hybridized carbons (Fsp3) is 0.316. The summed E-state index contributed by atoms with van der Waals surface area (Å²) in [6.45, 7) is 0.636. The molecule has 148 valence electrons. The van der Waals surface area contributed by atoms with Gasteiger partial charge in [0, 0.05) is 30.8 Å². The molecule has 1 aliphatic heterocycles. The summed E-state index contributed by atoms with van der Waals surface area (Å²) in [6, 6.07) is 7.75. The van der Waals surface area contributed by atoms with Gasteiger partial charge in [-0.2, -0.15) is 13.2 Å². The van der Waals surface area contributed by atoms with Crippen LogP contribution in [0.3, 0.4) is 0 Å². The van der Waals surface area contributed by atoms with E-state index >= 15 is 0 Å².